The minimum Gasteiger partial charge on any atom is -0.358 e. The number of benzene rings is 7. The third-order valence-electron chi connectivity index (χ3n) is 12.1. The summed E-state index contributed by atoms with van der Waals surface area (Å²) in [5.74, 6) is 0.818. The van der Waals surface area contributed by atoms with Crippen molar-refractivity contribution < 1.29 is 0 Å². The summed E-state index contributed by atoms with van der Waals surface area (Å²) in [5, 5.41) is 8.86. The summed E-state index contributed by atoms with van der Waals surface area (Å²) < 4.78 is 2.49. The molecule has 3 atom stereocenters. The van der Waals surface area contributed by atoms with Gasteiger partial charge in [0.1, 0.15) is 0 Å². The van der Waals surface area contributed by atoms with Crippen LogP contribution in [0.15, 0.2) is 211 Å². The van der Waals surface area contributed by atoms with Crippen LogP contribution in [-0.2, 0) is 0 Å². The number of nitrogens with one attached hydrogen (secondary N) is 2. The lowest BCUT2D eigenvalue weighted by Gasteiger charge is -2.33. The topological polar surface area (TPSA) is 29.0 Å². The lowest BCUT2D eigenvalue weighted by Crippen LogP contribution is -2.22. The van der Waals surface area contributed by atoms with E-state index in [0.29, 0.717) is 11.8 Å². The zero-order chi connectivity index (χ0) is 39.7. The van der Waals surface area contributed by atoms with Gasteiger partial charge in [0.15, 0.2) is 0 Å². The molecule has 0 bridgehead atoms. The van der Waals surface area contributed by atoms with Gasteiger partial charge in [-0.15, -0.1) is 0 Å². The van der Waals surface area contributed by atoms with Gasteiger partial charge in [-0.25, -0.2) is 0 Å². The molecule has 3 unspecified atom stereocenters. The van der Waals surface area contributed by atoms with E-state index in [1.807, 2.05) is 6.07 Å². The average molecular weight is 762 g/mol. The van der Waals surface area contributed by atoms with Crippen molar-refractivity contribution >= 4 is 34.0 Å². The summed E-state index contributed by atoms with van der Waals surface area (Å²) in [6, 6.07) is 65.5. The van der Waals surface area contributed by atoms with E-state index in [-0.39, 0.29) is 5.92 Å². The molecule has 1 heterocycles. The maximum atomic E-state index is 3.91. The summed E-state index contributed by atoms with van der Waals surface area (Å²) in [7, 11) is 0. The van der Waals surface area contributed by atoms with E-state index in [4.69, 9.17) is 0 Å². The third kappa shape index (κ3) is 7.00. The largest absolute Gasteiger partial charge is 0.358 e. The van der Waals surface area contributed by atoms with Gasteiger partial charge in [-0.2, -0.15) is 0 Å². The monoisotopic (exact) mass is 761 g/mol. The molecule has 0 radical (unpaired) electrons. The fraction of sp³-hybridized carbons (Fsp3) is 0.107. The Morgan fingerprint density at radius 2 is 1.14 bits per heavy atom. The van der Waals surface area contributed by atoms with E-state index in [9.17, 15) is 0 Å². The molecule has 0 fully saturated rings. The lowest BCUT2D eigenvalue weighted by atomic mass is 9.73. The fourth-order valence-electron chi connectivity index (χ4n) is 9.20. The highest BCUT2D eigenvalue weighted by Crippen LogP contribution is 2.49. The molecule has 3 nitrogen and oxygen atoms in total. The molecule has 0 saturated heterocycles. The summed E-state index contributed by atoms with van der Waals surface area (Å²) in [5.41, 5.74) is 18.2. The van der Waals surface area contributed by atoms with Crippen molar-refractivity contribution in [1.82, 2.24) is 4.57 Å². The molecule has 7 aromatic carbocycles. The van der Waals surface area contributed by atoms with Crippen LogP contribution >= 0.6 is 0 Å². The van der Waals surface area contributed by atoms with E-state index in [2.05, 4.69) is 229 Å². The highest BCUT2D eigenvalue weighted by atomic mass is 15.0. The lowest BCUT2D eigenvalue weighted by molar-refractivity contribution is 0.588. The molecular weight excluding hydrogens is 715 g/mol. The van der Waals surface area contributed by atoms with Crippen molar-refractivity contribution in [3.05, 3.63) is 223 Å². The smallest absolute Gasteiger partial charge is 0.0538 e. The minimum absolute atomic E-state index is 0.157. The second kappa shape index (κ2) is 15.7. The van der Waals surface area contributed by atoms with Gasteiger partial charge in [0.05, 0.1) is 11.2 Å². The zero-order valence-corrected chi connectivity index (χ0v) is 33.5. The van der Waals surface area contributed by atoms with Crippen molar-refractivity contribution in [3.8, 4) is 39.1 Å². The summed E-state index contributed by atoms with van der Waals surface area (Å²) in [6.07, 6.45) is 10.6. The van der Waals surface area contributed by atoms with Crippen LogP contribution in [0.1, 0.15) is 37.4 Å². The molecule has 59 heavy (non-hydrogen) atoms. The number of allylic oxidation sites excluding steroid dienone is 5. The number of para-hydroxylation sites is 3. The molecule has 0 aliphatic heterocycles. The molecule has 286 valence electrons. The van der Waals surface area contributed by atoms with E-state index in [1.165, 1.54) is 66.8 Å². The number of rotatable bonds is 9. The van der Waals surface area contributed by atoms with Crippen molar-refractivity contribution in [2.75, 3.05) is 10.6 Å². The van der Waals surface area contributed by atoms with Crippen LogP contribution < -0.4 is 10.6 Å². The molecule has 2 N–H and O–H groups in total. The second-order valence-electron chi connectivity index (χ2n) is 16.0. The van der Waals surface area contributed by atoms with Crippen molar-refractivity contribution in [1.29, 1.82) is 0 Å². The van der Waals surface area contributed by atoms with Crippen molar-refractivity contribution in [2.45, 2.75) is 26.2 Å². The van der Waals surface area contributed by atoms with Crippen molar-refractivity contribution in [3.63, 3.8) is 0 Å². The molecule has 0 amide bonds. The maximum Gasteiger partial charge on any atom is 0.0538 e. The van der Waals surface area contributed by atoms with E-state index >= 15 is 0 Å². The quantitative estimate of drug-likeness (QED) is 0.153. The predicted octanol–water partition coefficient (Wildman–Crippen LogP) is 15.1. The highest BCUT2D eigenvalue weighted by Gasteiger charge is 2.34. The van der Waals surface area contributed by atoms with Crippen LogP contribution in [0, 0.1) is 11.8 Å². The summed E-state index contributed by atoms with van der Waals surface area (Å²) in [4.78, 5) is 0. The maximum absolute atomic E-state index is 3.91. The Morgan fingerprint density at radius 1 is 0.525 bits per heavy atom. The Bertz CT molecular complexity index is 2860. The van der Waals surface area contributed by atoms with Crippen LogP contribution in [0.25, 0.3) is 56.0 Å². The minimum atomic E-state index is 0.157. The molecule has 3 heteroatoms. The Balaban J connectivity index is 1.14. The van der Waals surface area contributed by atoms with E-state index in [0.717, 1.165) is 29.2 Å². The first kappa shape index (κ1) is 36.3. The predicted molar refractivity (Wildman–Crippen MR) is 250 cm³/mol. The number of anilines is 3. The molecule has 1 aromatic heterocycles. The molecule has 0 saturated carbocycles. The second-order valence-corrected chi connectivity index (χ2v) is 16.0. The van der Waals surface area contributed by atoms with E-state index in [1.54, 1.807) is 0 Å². The Morgan fingerprint density at radius 3 is 1.90 bits per heavy atom. The van der Waals surface area contributed by atoms with Crippen LogP contribution in [-0.4, -0.2) is 4.57 Å². The Labute approximate surface area is 347 Å². The first-order chi connectivity index (χ1) is 29.1. The number of nitrogens with zero attached hydrogens (tertiary/aromatic N) is 1. The molecular formula is C56H47N3. The van der Waals surface area contributed by atoms with Gasteiger partial charge in [-0.3, -0.25) is 0 Å². The van der Waals surface area contributed by atoms with E-state index < -0.39 is 0 Å². The zero-order valence-electron chi connectivity index (χ0n) is 33.5. The molecule has 0 spiro atoms. The average Bonchev–Trinajstić information content (AvgIpc) is 3.62. The van der Waals surface area contributed by atoms with Crippen molar-refractivity contribution in [2.24, 2.45) is 11.8 Å². The van der Waals surface area contributed by atoms with Gasteiger partial charge in [0, 0.05) is 45.3 Å². The van der Waals surface area contributed by atoms with Gasteiger partial charge < -0.3 is 15.2 Å². The van der Waals surface area contributed by atoms with Gasteiger partial charge in [-0.1, -0.05) is 153 Å². The normalized spacial score (nSPS) is 17.2. The number of hydrogen-bond donors (Lipinski definition) is 2. The number of fused-ring (bicyclic) bond motifs is 3. The van der Waals surface area contributed by atoms with Gasteiger partial charge in [0.2, 0.25) is 0 Å². The van der Waals surface area contributed by atoms with Gasteiger partial charge in [-0.05, 0) is 124 Å². The molecule has 8 aromatic rings. The van der Waals surface area contributed by atoms with Crippen LogP contribution in [0.4, 0.5) is 17.1 Å². The van der Waals surface area contributed by atoms with Gasteiger partial charge >= 0.3 is 0 Å². The Kier molecular flexibility index (Phi) is 9.64. The fourth-order valence-corrected chi connectivity index (χ4v) is 9.20. The first-order valence-electron chi connectivity index (χ1n) is 20.9. The first-order valence-corrected chi connectivity index (χ1v) is 20.9. The summed E-state index contributed by atoms with van der Waals surface area (Å²) in [6.45, 7) is 4.74. The summed E-state index contributed by atoms with van der Waals surface area (Å²) >= 11 is 0. The SMILES string of the molecule is CC1CC=CC(C2c3c(n(-c4ccc(-c5ccccc5)cc4)c4ccc(-c5cccc(-c6ccccc6Nc6ccccc6)c5)cc34)C=CC2C)=C1Nc1ccccc1. The standard InChI is InChI=1S/C56H47N3/c1-38-28-34-53-55(54(38)49-26-14-16-39(2)56(49)58-46-23-10-5-11-24-46)50-37-43(31-35-52(50)59(53)47-32-29-41(30-33-47)40-17-6-3-7-18-40)42-19-15-20-44(36-42)48-25-12-13-27-51(48)57-45-21-8-4-9-22-45/h3-15,17-39,54,57-58H,16H2,1-2H3. The molecule has 10 rings (SSSR count). The van der Waals surface area contributed by atoms with Gasteiger partial charge in [0.25, 0.3) is 0 Å². The molecule has 2 aliphatic carbocycles. The van der Waals surface area contributed by atoms with Crippen LogP contribution in [0.3, 0.4) is 0 Å². The van der Waals surface area contributed by atoms with Crippen LogP contribution in [0.2, 0.25) is 0 Å². The molecule has 2 aliphatic rings. The third-order valence-corrected chi connectivity index (χ3v) is 12.1. The number of aromatic nitrogens is 1. The number of hydrogen-bond acceptors (Lipinski definition) is 2. The highest BCUT2D eigenvalue weighted by molar-refractivity contribution is 5.96. The Hall–Kier alpha value is -7.10. The van der Waals surface area contributed by atoms with Crippen LogP contribution in [0.5, 0.6) is 0 Å².